The fraction of sp³-hybridized carbons (Fsp3) is 0.500. The van der Waals surface area contributed by atoms with Crippen LogP contribution in [0, 0.1) is 0 Å². The SMILES string of the molecule is CC=CC1=C(Cl)C(O)C(O)C1(Cl)C(=O)OC. The Labute approximate surface area is 103 Å². The van der Waals surface area contributed by atoms with Gasteiger partial charge in [-0.05, 0) is 6.92 Å². The summed E-state index contributed by atoms with van der Waals surface area (Å²) in [6.45, 7) is 1.70. The van der Waals surface area contributed by atoms with E-state index in [1.165, 1.54) is 6.08 Å². The van der Waals surface area contributed by atoms with Crippen molar-refractivity contribution in [3.05, 3.63) is 22.8 Å². The van der Waals surface area contributed by atoms with Crippen LogP contribution in [0.2, 0.25) is 0 Å². The van der Waals surface area contributed by atoms with Crippen LogP contribution in [-0.2, 0) is 9.53 Å². The van der Waals surface area contributed by atoms with Gasteiger partial charge in [-0.1, -0.05) is 35.4 Å². The summed E-state index contributed by atoms with van der Waals surface area (Å²) in [4.78, 5) is 9.72. The molecule has 90 valence electrons. The third-order valence-corrected chi connectivity index (χ3v) is 3.44. The molecular weight excluding hydrogens is 255 g/mol. The molecule has 0 aromatic heterocycles. The Morgan fingerprint density at radius 2 is 2.12 bits per heavy atom. The third-order valence-electron chi connectivity index (χ3n) is 2.43. The Bertz CT molecular complexity index is 364. The van der Waals surface area contributed by atoms with Crippen molar-refractivity contribution in [3.8, 4) is 0 Å². The number of alkyl halides is 1. The van der Waals surface area contributed by atoms with E-state index >= 15 is 0 Å². The summed E-state index contributed by atoms with van der Waals surface area (Å²) in [5, 5.41) is 19.3. The first kappa shape index (κ1) is 13.5. The molecule has 0 saturated carbocycles. The predicted molar refractivity (Wildman–Crippen MR) is 60.3 cm³/mol. The van der Waals surface area contributed by atoms with E-state index in [0.29, 0.717) is 0 Å². The molecule has 0 amide bonds. The van der Waals surface area contributed by atoms with E-state index in [9.17, 15) is 15.0 Å². The van der Waals surface area contributed by atoms with Crippen LogP contribution in [0.5, 0.6) is 0 Å². The molecule has 0 saturated heterocycles. The third kappa shape index (κ3) is 1.76. The molecule has 1 aliphatic rings. The number of hydrogen-bond acceptors (Lipinski definition) is 4. The highest BCUT2D eigenvalue weighted by molar-refractivity contribution is 6.41. The van der Waals surface area contributed by atoms with Gasteiger partial charge in [0, 0.05) is 5.57 Å². The smallest absolute Gasteiger partial charge is 0.334 e. The lowest BCUT2D eigenvalue weighted by Crippen LogP contribution is -2.47. The fourth-order valence-electron chi connectivity index (χ4n) is 1.60. The van der Waals surface area contributed by atoms with Gasteiger partial charge < -0.3 is 14.9 Å². The zero-order valence-corrected chi connectivity index (χ0v) is 10.3. The minimum Gasteiger partial charge on any atom is -0.467 e. The maximum Gasteiger partial charge on any atom is 0.334 e. The molecule has 3 atom stereocenters. The Morgan fingerprint density at radius 1 is 1.56 bits per heavy atom. The van der Waals surface area contributed by atoms with Crippen molar-refractivity contribution < 1.29 is 19.7 Å². The van der Waals surface area contributed by atoms with Crippen molar-refractivity contribution in [3.63, 3.8) is 0 Å². The highest BCUT2D eigenvalue weighted by Crippen LogP contribution is 2.44. The molecule has 0 spiro atoms. The number of aliphatic hydroxyl groups excluding tert-OH is 2. The van der Waals surface area contributed by atoms with E-state index in [1.807, 2.05) is 0 Å². The summed E-state index contributed by atoms with van der Waals surface area (Å²) in [5.41, 5.74) is 0.158. The van der Waals surface area contributed by atoms with Gasteiger partial charge in [0.25, 0.3) is 0 Å². The maximum atomic E-state index is 11.6. The van der Waals surface area contributed by atoms with Gasteiger partial charge in [0.05, 0.1) is 12.1 Å². The molecule has 6 heteroatoms. The van der Waals surface area contributed by atoms with Crippen LogP contribution in [0.25, 0.3) is 0 Å². The second-order valence-electron chi connectivity index (χ2n) is 3.35. The number of carbonyl (C=O) groups is 1. The van der Waals surface area contributed by atoms with E-state index in [1.54, 1.807) is 13.0 Å². The van der Waals surface area contributed by atoms with Crippen molar-refractivity contribution in [2.75, 3.05) is 7.11 Å². The minimum absolute atomic E-state index is 0.0500. The number of halogens is 2. The van der Waals surface area contributed by atoms with Crippen molar-refractivity contribution in [2.24, 2.45) is 0 Å². The monoisotopic (exact) mass is 266 g/mol. The summed E-state index contributed by atoms with van der Waals surface area (Å²) in [5.74, 6) is -0.857. The van der Waals surface area contributed by atoms with Crippen LogP contribution in [0.15, 0.2) is 22.8 Å². The number of esters is 1. The quantitative estimate of drug-likeness (QED) is 0.577. The molecule has 2 N–H and O–H groups in total. The first-order valence-electron chi connectivity index (χ1n) is 4.57. The van der Waals surface area contributed by atoms with Gasteiger partial charge in [-0.2, -0.15) is 0 Å². The first-order valence-corrected chi connectivity index (χ1v) is 5.33. The van der Waals surface area contributed by atoms with Gasteiger partial charge in [0.1, 0.15) is 12.2 Å². The van der Waals surface area contributed by atoms with E-state index in [-0.39, 0.29) is 10.6 Å². The summed E-state index contributed by atoms with van der Waals surface area (Å²) >= 11 is 11.8. The van der Waals surface area contributed by atoms with Crippen LogP contribution in [0.3, 0.4) is 0 Å². The summed E-state index contributed by atoms with van der Waals surface area (Å²) < 4.78 is 4.51. The molecule has 0 aliphatic heterocycles. The molecule has 0 aromatic rings. The van der Waals surface area contributed by atoms with E-state index in [2.05, 4.69) is 4.74 Å². The van der Waals surface area contributed by atoms with E-state index < -0.39 is 23.1 Å². The minimum atomic E-state index is -1.85. The molecule has 0 heterocycles. The van der Waals surface area contributed by atoms with Crippen LogP contribution >= 0.6 is 23.2 Å². The Kier molecular flexibility index (Phi) is 4.02. The standard InChI is InChI=1S/C10H12Cl2O4/c1-3-4-5-6(11)7(13)8(14)10(5,12)9(15)16-2/h3-4,7-8,13-14H,1-2H3. The van der Waals surface area contributed by atoms with E-state index in [4.69, 9.17) is 23.2 Å². The van der Waals surface area contributed by atoms with Gasteiger partial charge in [-0.3, -0.25) is 0 Å². The largest absolute Gasteiger partial charge is 0.467 e. The number of aliphatic hydroxyl groups is 2. The van der Waals surface area contributed by atoms with Gasteiger partial charge in [0.15, 0.2) is 4.87 Å². The number of ether oxygens (including phenoxy) is 1. The molecule has 4 nitrogen and oxygen atoms in total. The molecule has 0 aromatic carbocycles. The van der Waals surface area contributed by atoms with Gasteiger partial charge in [0.2, 0.25) is 0 Å². The lowest BCUT2D eigenvalue weighted by Gasteiger charge is -2.25. The number of rotatable bonds is 2. The predicted octanol–water partition coefficient (Wildman–Crippen LogP) is 0.941. The average Bonchev–Trinajstić information content (AvgIpc) is 2.44. The number of methoxy groups -OCH3 is 1. The molecule has 3 unspecified atom stereocenters. The van der Waals surface area contributed by atoms with Crippen LogP contribution in [0.4, 0.5) is 0 Å². The van der Waals surface area contributed by atoms with E-state index in [0.717, 1.165) is 7.11 Å². The summed E-state index contributed by atoms with van der Waals surface area (Å²) in [6, 6.07) is 0. The highest BCUT2D eigenvalue weighted by atomic mass is 35.5. The van der Waals surface area contributed by atoms with Crippen LogP contribution in [-0.4, -0.2) is 40.4 Å². The van der Waals surface area contributed by atoms with Crippen molar-refractivity contribution in [1.29, 1.82) is 0 Å². The zero-order chi connectivity index (χ0) is 12.5. The van der Waals surface area contributed by atoms with Gasteiger partial charge in [-0.25, -0.2) is 4.79 Å². The Morgan fingerprint density at radius 3 is 2.56 bits per heavy atom. The molecule has 0 radical (unpaired) electrons. The summed E-state index contributed by atoms with van der Waals surface area (Å²) in [7, 11) is 1.14. The normalized spacial score (nSPS) is 34.9. The number of carbonyl (C=O) groups excluding carboxylic acids is 1. The number of hydrogen-bond donors (Lipinski definition) is 2. The highest BCUT2D eigenvalue weighted by Gasteiger charge is 2.57. The molecule has 1 rings (SSSR count). The summed E-state index contributed by atoms with van der Waals surface area (Å²) in [6.07, 6.45) is 0.151. The Balaban J connectivity index is 3.31. The second-order valence-corrected chi connectivity index (χ2v) is 4.36. The lowest BCUT2D eigenvalue weighted by molar-refractivity contribution is -0.146. The van der Waals surface area contributed by atoms with Crippen LogP contribution < -0.4 is 0 Å². The molecule has 0 fully saturated rings. The van der Waals surface area contributed by atoms with Gasteiger partial charge in [-0.15, -0.1) is 0 Å². The van der Waals surface area contributed by atoms with Crippen molar-refractivity contribution in [1.82, 2.24) is 0 Å². The average molecular weight is 267 g/mol. The number of allylic oxidation sites excluding steroid dienone is 2. The molecule has 16 heavy (non-hydrogen) atoms. The zero-order valence-electron chi connectivity index (χ0n) is 8.78. The lowest BCUT2D eigenvalue weighted by atomic mass is 9.97. The van der Waals surface area contributed by atoms with Crippen molar-refractivity contribution >= 4 is 29.2 Å². The fourth-order valence-corrected chi connectivity index (χ4v) is 2.34. The van der Waals surface area contributed by atoms with Crippen molar-refractivity contribution in [2.45, 2.75) is 24.0 Å². The second kappa shape index (κ2) is 4.75. The topological polar surface area (TPSA) is 66.8 Å². The molecule has 1 aliphatic carbocycles. The molecule has 0 bridgehead atoms. The molecular formula is C10H12Cl2O4. The van der Waals surface area contributed by atoms with Crippen LogP contribution in [0.1, 0.15) is 6.92 Å². The van der Waals surface area contributed by atoms with Gasteiger partial charge >= 0.3 is 5.97 Å². The maximum absolute atomic E-state index is 11.6. The Hall–Kier alpha value is -0.550. The first-order chi connectivity index (χ1) is 7.41.